The lowest BCUT2D eigenvalue weighted by molar-refractivity contribution is 0.135. The van der Waals surface area contributed by atoms with Gasteiger partial charge < -0.3 is 19.8 Å². The van der Waals surface area contributed by atoms with E-state index < -0.39 is 0 Å². The van der Waals surface area contributed by atoms with Crippen LogP contribution in [-0.4, -0.2) is 87.2 Å². The molecule has 2 aliphatic heterocycles. The Kier molecular flexibility index (Phi) is 6.59. The molecule has 1 N–H and O–H groups in total. The summed E-state index contributed by atoms with van der Waals surface area (Å²) < 4.78 is 2.20. The Hall–Kier alpha value is -1.48. The Morgan fingerprint density at radius 3 is 2.48 bits per heavy atom. The molecule has 0 unspecified atom stereocenters. The van der Waals surface area contributed by atoms with Crippen LogP contribution in [0.2, 0.25) is 5.28 Å². The van der Waals surface area contributed by atoms with E-state index in [0.29, 0.717) is 6.04 Å². The van der Waals surface area contributed by atoms with Gasteiger partial charge in [0.2, 0.25) is 5.28 Å². The fraction of sp³-hybridized carbons (Fsp3) is 0.773. The minimum Gasteiger partial charge on any atom is -0.312 e. The van der Waals surface area contributed by atoms with Crippen LogP contribution in [0.5, 0.6) is 0 Å². The third-order valence-corrected chi connectivity index (χ3v) is 7.61. The minimum atomic E-state index is 0.289. The zero-order chi connectivity index (χ0) is 21.2. The molecule has 5 rings (SSSR count). The molecule has 9 heteroatoms. The first kappa shape index (κ1) is 21.4. The van der Waals surface area contributed by atoms with Crippen LogP contribution in [0.25, 0.3) is 11.2 Å². The van der Waals surface area contributed by atoms with Crippen LogP contribution < -0.4 is 5.43 Å². The lowest BCUT2D eigenvalue weighted by atomic mass is 9.94. The number of anilines is 1. The fourth-order valence-electron chi connectivity index (χ4n) is 5.34. The molecule has 0 aromatic carbocycles. The summed E-state index contributed by atoms with van der Waals surface area (Å²) in [7, 11) is 2.22. The zero-order valence-electron chi connectivity index (χ0n) is 18.6. The highest BCUT2D eigenvalue weighted by molar-refractivity contribution is 6.28. The number of nitrogens with zero attached hydrogens (tertiary/aromatic N) is 7. The number of nitrogens with one attached hydrogen (secondary N) is 1. The Bertz CT molecular complexity index is 864. The number of halogens is 1. The average Bonchev–Trinajstić information content (AvgIpc) is 3.44. The van der Waals surface area contributed by atoms with Crippen LogP contribution in [0.1, 0.15) is 51.0 Å². The van der Waals surface area contributed by atoms with Crippen molar-refractivity contribution in [1.82, 2.24) is 34.3 Å². The molecule has 2 aromatic heterocycles. The second-order valence-electron chi connectivity index (χ2n) is 9.58. The van der Waals surface area contributed by atoms with E-state index in [9.17, 15) is 0 Å². The van der Waals surface area contributed by atoms with Gasteiger partial charge in [0.15, 0.2) is 17.0 Å². The summed E-state index contributed by atoms with van der Waals surface area (Å²) in [5, 5.41) is 2.57. The van der Waals surface area contributed by atoms with Crippen LogP contribution >= 0.6 is 11.6 Å². The second kappa shape index (κ2) is 9.57. The van der Waals surface area contributed by atoms with Crippen molar-refractivity contribution in [3.05, 3.63) is 11.6 Å². The van der Waals surface area contributed by atoms with E-state index >= 15 is 0 Å². The van der Waals surface area contributed by atoms with Crippen molar-refractivity contribution >= 4 is 28.6 Å². The van der Waals surface area contributed by atoms with Gasteiger partial charge in [0.1, 0.15) is 0 Å². The Morgan fingerprint density at radius 1 is 1.00 bits per heavy atom. The number of fused-ring (bicyclic) bond motifs is 1. The van der Waals surface area contributed by atoms with Crippen molar-refractivity contribution in [2.24, 2.45) is 5.92 Å². The monoisotopic (exact) mass is 446 g/mol. The van der Waals surface area contributed by atoms with Crippen molar-refractivity contribution in [3.8, 4) is 0 Å². The van der Waals surface area contributed by atoms with E-state index in [-0.39, 0.29) is 5.28 Å². The Labute approximate surface area is 189 Å². The highest BCUT2D eigenvalue weighted by Gasteiger charge is 2.24. The number of hydrogen-bond donors (Lipinski definition) is 1. The third-order valence-electron chi connectivity index (χ3n) is 7.44. The van der Waals surface area contributed by atoms with E-state index in [4.69, 9.17) is 11.6 Å². The number of likely N-dealkylation sites (N-methyl/N-ethyl adjacent to an activating group) is 1. The van der Waals surface area contributed by atoms with Crippen LogP contribution in [0, 0.1) is 5.92 Å². The van der Waals surface area contributed by atoms with E-state index in [1.54, 1.807) is 0 Å². The maximum atomic E-state index is 6.29. The summed E-state index contributed by atoms with van der Waals surface area (Å²) in [5.74, 6) is 1.55. The highest BCUT2D eigenvalue weighted by Crippen LogP contribution is 2.33. The van der Waals surface area contributed by atoms with E-state index in [1.165, 1.54) is 77.7 Å². The molecule has 2 saturated heterocycles. The molecular formula is C22H35ClN8. The third kappa shape index (κ3) is 4.97. The van der Waals surface area contributed by atoms with Gasteiger partial charge in [-0.2, -0.15) is 9.97 Å². The van der Waals surface area contributed by atoms with Gasteiger partial charge in [-0.1, -0.05) is 12.8 Å². The molecule has 0 radical (unpaired) electrons. The van der Waals surface area contributed by atoms with Gasteiger partial charge in [-0.3, -0.25) is 0 Å². The average molecular weight is 447 g/mol. The van der Waals surface area contributed by atoms with Crippen molar-refractivity contribution < 1.29 is 0 Å². The summed E-state index contributed by atoms with van der Waals surface area (Å²) in [6.45, 7) is 8.14. The predicted octanol–water partition coefficient (Wildman–Crippen LogP) is 3.27. The molecule has 1 saturated carbocycles. The topological polar surface area (TPSA) is 65.3 Å². The molecule has 0 amide bonds. The number of imidazole rings is 1. The van der Waals surface area contributed by atoms with E-state index in [1.807, 2.05) is 6.33 Å². The summed E-state index contributed by atoms with van der Waals surface area (Å²) in [6.07, 6.45) is 10.6. The quantitative estimate of drug-likeness (QED) is 0.683. The molecule has 2 aromatic rings. The van der Waals surface area contributed by atoms with Crippen molar-refractivity contribution in [2.45, 2.75) is 51.0 Å². The van der Waals surface area contributed by atoms with Gasteiger partial charge in [0.25, 0.3) is 0 Å². The first-order valence-electron chi connectivity index (χ1n) is 12.0. The van der Waals surface area contributed by atoms with Crippen LogP contribution in [-0.2, 0) is 0 Å². The summed E-state index contributed by atoms with van der Waals surface area (Å²) >= 11 is 6.29. The summed E-state index contributed by atoms with van der Waals surface area (Å²) in [5.41, 5.74) is 5.19. The highest BCUT2D eigenvalue weighted by atomic mass is 35.5. The molecule has 0 bridgehead atoms. The normalized spacial score (nSPS) is 23.2. The predicted molar refractivity (Wildman–Crippen MR) is 124 cm³/mol. The lowest BCUT2D eigenvalue weighted by Crippen LogP contribution is -2.45. The molecule has 8 nitrogen and oxygen atoms in total. The number of aromatic nitrogens is 4. The van der Waals surface area contributed by atoms with Crippen LogP contribution in [0.15, 0.2) is 6.33 Å². The number of hydrogen-bond acceptors (Lipinski definition) is 7. The lowest BCUT2D eigenvalue weighted by Gasteiger charge is -2.35. The van der Waals surface area contributed by atoms with Crippen LogP contribution in [0.4, 0.5) is 5.82 Å². The molecule has 0 atom stereocenters. The molecule has 0 spiro atoms. The molecule has 3 fully saturated rings. The number of piperidine rings is 1. The largest absolute Gasteiger partial charge is 0.312 e. The van der Waals surface area contributed by atoms with Gasteiger partial charge in [0.05, 0.1) is 6.33 Å². The Morgan fingerprint density at radius 2 is 1.74 bits per heavy atom. The molecular weight excluding hydrogens is 412 g/mol. The van der Waals surface area contributed by atoms with Gasteiger partial charge in [-0.25, -0.2) is 9.99 Å². The smallest absolute Gasteiger partial charge is 0.226 e. The first-order chi connectivity index (χ1) is 15.2. The van der Waals surface area contributed by atoms with Gasteiger partial charge in [-0.05, 0) is 63.2 Å². The maximum Gasteiger partial charge on any atom is 0.226 e. The van der Waals surface area contributed by atoms with Gasteiger partial charge >= 0.3 is 0 Å². The van der Waals surface area contributed by atoms with E-state index in [2.05, 4.69) is 46.8 Å². The molecule has 1 aliphatic carbocycles. The standard InChI is InChI=1S/C22H35ClN8/c1-28-12-14-29(15-13-28)9-6-17-7-10-30(11-8-17)27-20-19-21(26-22(23)25-20)31(16-24-19)18-4-2-3-5-18/h16-18H,2-15H2,1H3,(H,25,26,27). The Balaban J connectivity index is 1.17. The molecule has 170 valence electrons. The SMILES string of the molecule is CN1CCN(CCC2CCN(Nc3nc(Cl)nc4c3ncn4C3CCCC3)CC2)CC1. The zero-order valence-corrected chi connectivity index (χ0v) is 19.4. The molecule has 3 aliphatic rings. The van der Waals surface area contributed by atoms with Crippen molar-refractivity contribution in [3.63, 3.8) is 0 Å². The van der Waals surface area contributed by atoms with Crippen molar-refractivity contribution in [2.75, 3.05) is 58.3 Å². The van der Waals surface area contributed by atoms with Crippen LogP contribution in [0.3, 0.4) is 0 Å². The summed E-state index contributed by atoms with van der Waals surface area (Å²) in [6, 6.07) is 0.486. The molecule has 4 heterocycles. The van der Waals surface area contributed by atoms with E-state index in [0.717, 1.165) is 36.0 Å². The number of piperazine rings is 1. The van der Waals surface area contributed by atoms with Gasteiger partial charge in [0, 0.05) is 45.3 Å². The molecule has 31 heavy (non-hydrogen) atoms. The maximum absolute atomic E-state index is 6.29. The summed E-state index contributed by atoms with van der Waals surface area (Å²) in [4.78, 5) is 18.7. The first-order valence-corrected chi connectivity index (χ1v) is 12.4. The van der Waals surface area contributed by atoms with Gasteiger partial charge in [-0.15, -0.1) is 0 Å². The number of hydrazine groups is 1. The minimum absolute atomic E-state index is 0.289. The van der Waals surface area contributed by atoms with Crippen molar-refractivity contribution in [1.29, 1.82) is 0 Å². The second-order valence-corrected chi connectivity index (χ2v) is 9.92. The fourth-order valence-corrected chi connectivity index (χ4v) is 5.50. The number of rotatable bonds is 6.